The minimum atomic E-state index is -4.60. The molecule has 31 heavy (non-hydrogen) atoms. The van der Waals surface area contributed by atoms with Gasteiger partial charge < -0.3 is 16.0 Å². The molecule has 4 rings (SSSR count). The van der Waals surface area contributed by atoms with Crippen LogP contribution in [0.1, 0.15) is 22.5 Å². The third-order valence-corrected chi connectivity index (χ3v) is 4.70. The number of nitrogens with one attached hydrogen (secondary N) is 3. The van der Waals surface area contributed by atoms with E-state index in [4.69, 9.17) is 0 Å². The molecule has 0 saturated carbocycles. The SMILES string of the molecule is Cc1cccc(CCNc2nc(Nc3ccc4c(c3)CC(=O)N4)ncc2C(F)(F)F)n1. The lowest BCUT2D eigenvalue weighted by molar-refractivity contribution is -0.137. The molecule has 1 aliphatic rings. The highest BCUT2D eigenvalue weighted by Gasteiger charge is 2.35. The van der Waals surface area contributed by atoms with Gasteiger partial charge in [0.15, 0.2) is 0 Å². The number of rotatable bonds is 6. The molecule has 0 unspecified atom stereocenters. The van der Waals surface area contributed by atoms with Gasteiger partial charge in [-0.25, -0.2) is 4.98 Å². The van der Waals surface area contributed by atoms with Crippen LogP contribution in [0, 0.1) is 6.92 Å². The molecule has 1 amide bonds. The molecule has 2 aromatic heterocycles. The molecule has 0 aliphatic carbocycles. The molecule has 0 radical (unpaired) electrons. The van der Waals surface area contributed by atoms with Crippen LogP contribution < -0.4 is 16.0 Å². The van der Waals surface area contributed by atoms with Gasteiger partial charge in [0, 0.05) is 41.9 Å². The van der Waals surface area contributed by atoms with Gasteiger partial charge in [0.25, 0.3) is 0 Å². The predicted octanol–water partition coefficient (Wildman–Crippen LogP) is 4.09. The number of hydrogen-bond donors (Lipinski definition) is 3. The molecular weight excluding hydrogens is 409 g/mol. The van der Waals surface area contributed by atoms with Crippen molar-refractivity contribution >= 4 is 29.0 Å². The first-order valence-corrected chi connectivity index (χ1v) is 9.58. The number of carbonyl (C=O) groups is 1. The number of halogens is 3. The minimum absolute atomic E-state index is 0.0152. The molecule has 3 heterocycles. The van der Waals surface area contributed by atoms with Crippen LogP contribution in [0.25, 0.3) is 0 Å². The van der Waals surface area contributed by atoms with E-state index >= 15 is 0 Å². The van der Waals surface area contributed by atoms with Crippen LogP contribution in [0.4, 0.5) is 36.3 Å². The fourth-order valence-corrected chi connectivity index (χ4v) is 3.27. The van der Waals surface area contributed by atoms with E-state index in [0.29, 0.717) is 12.1 Å². The summed E-state index contributed by atoms with van der Waals surface area (Å²) in [5.41, 5.74) is 2.76. The van der Waals surface area contributed by atoms with E-state index in [-0.39, 0.29) is 30.6 Å². The number of anilines is 4. The summed E-state index contributed by atoms with van der Waals surface area (Å²) in [7, 11) is 0. The minimum Gasteiger partial charge on any atom is -0.369 e. The molecule has 3 N–H and O–H groups in total. The van der Waals surface area contributed by atoms with Crippen molar-refractivity contribution in [1.82, 2.24) is 15.0 Å². The van der Waals surface area contributed by atoms with Gasteiger partial charge in [0.05, 0.1) is 6.42 Å². The molecule has 10 heteroatoms. The maximum atomic E-state index is 13.4. The van der Waals surface area contributed by atoms with Gasteiger partial charge in [0.2, 0.25) is 11.9 Å². The van der Waals surface area contributed by atoms with E-state index in [1.165, 1.54) is 0 Å². The summed E-state index contributed by atoms with van der Waals surface area (Å²) in [6, 6.07) is 10.7. The second kappa shape index (κ2) is 8.21. The maximum absolute atomic E-state index is 13.4. The highest BCUT2D eigenvalue weighted by atomic mass is 19.4. The molecule has 0 saturated heterocycles. The Hall–Kier alpha value is -3.69. The van der Waals surface area contributed by atoms with Crippen LogP contribution in [-0.4, -0.2) is 27.4 Å². The number of nitrogens with zero attached hydrogens (tertiary/aromatic N) is 3. The van der Waals surface area contributed by atoms with Gasteiger partial charge in [0.1, 0.15) is 11.4 Å². The highest BCUT2D eigenvalue weighted by Crippen LogP contribution is 2.34. The third kappa shape index (κ3) is 4.90. The van der Waals surface area contributed by atoms with Gasteiger partial charge in [-0.15, -0.1) is 0 Å². The van der Waals surface area contributed by atoms with Crippen molar-refractivity contribution in [2.75, 3.05) is 22.5 Å². The third-order valence-electron chi connectivity index (χ3n) is 4.70. The lowest BCUT2D eigenvalue weighted by atomic mass is 10.1. The van der Waals surface area contributed by atoms with E-state index in [0.717, 1.165) is 28.8 Å². The van der Waals surface area contributed by atoms with Crippen molar-refractivity contribution in [2.45, 2.75) is 25.9 Å². The summed E-state index contributed by atoms with van der Waals surface area (Å²) < 4.78 is 40.2. The first-order chi connectivity index (χ1) is 14.8. The quantitative estimate of drug-likeness (QED) is 0.548. The van der Waals surface area contributed by atoms with Crippen LogP contribution in [0.2, 0.25) is 0 Å². The van der Waals surface area contributed by atoms with E-state index in [9.17, 15) is 18.0 Å². The molecule has 1 aliphatic heterocycles. The average molecular weight is 428 g/mol. The molecule has 160 valence electrons. The van der Waals surface area contributed by atoms with Gasteiger partial charge in [-0.05, 0) is 42.8 Å². The smallest absolute Gasteiger partial charge is 0.369 e. The lowest BCUT2D eigenvalue weighted by Gasteiger charge is -2.15. The first kappa shape index (κ1) is 20.6. The molecule has 0 atom stereocenters. The Kier molecular flexibility index (Phi) is 5.45. The van der Waals surface area contributed by atoms with Gasteiger partial charge in [-0.3, -0.25) is 9.78 Å². The fraction of sp³-hybridized carbons (Fsp3) is 0.238. The number of benzene rings is 1. The lowest BCUT2D eigenvalue weighted by Crippen LogP contribution is -2.16. The van der Waals surface area contributed by atoms with Crippen LogP contribution in [-0.2, 0) is 23.8 Å². The Bertz CT molecular complexity index is 1130. The Balaban J connectivity index is 1.52. The van der Waals surface area contributed by atoms with Gasteiger partial charge >= 0.3 is 6.18 Å². The molecule has 3 aromatic rings. The molecule has 7 nitrogen and oxygen atoms in total. The number of carbonyl (C=O) groups excluding carboxylic acids is 1. The Labute approximate surface area is 176 Å². The first-order valence-electron chi connectivity index (χ1n) is 9.58. The van der Waals surface area contributed by atoms with Crippen LogP contribution in [0.5, 0.6) is 0 Å². The Morgan fingerprint density at radius 3 is 2.77 bits per heavy atom. The van der Waals surface area contributed by atoms with Crippen LogP contribution in [0.15, 0.2) is 42.6 Å². The van der Waals surface area contributed by atoms with Gasteiger partial charge in [-0.1, -0.05) is 6.07 Å². The number of aromatic nitrogens is 3. The van der Waals surface area contributed by atoms with Crippen molar-refractivity contribution in [3.8, 4) is 0 Å². The summed E-state index contributed by atoms with van der Waals surface area (Å²) in [4.78, 5) is 23.7. The van der Waals surface area contributed by atoms with Crippen molar-refractivity contribution < 1.29 is 18.0 Å². The second-order valence-electron chi connectivity index (χ2n) is 7.12. The van der Waals surface area contributed by atoms with E-state index in [1.807, 2.05) is 25.1 Å². The average Bonchev–Trinajstić information content (AvgIpc) is 3.07. The van der Waals surface area contributed by atoms with Crippen molar-refractivity contribution in [3.63, 3.8) is 0 Å². The zero-order valence-electron chi connectivity index (χ0n) is 16.5. The van der Waals surface area contributed by atoms with E-state index in [1.54, 1.807) is 18.2 Å². The Morgan fingerprint density at radius 2 is 2.00 bits per heavy atom. The molecular formula is C21H19F3N6O. The number of pyridine rings is 1. The number of fused-ring (bicyclic) bond motifs is 1. The summed E-state index contributed by atoms with van der Waals surface area (Å²) in [5.74, 6) is -0.399. The number of aryl methyl sites for hydroxylation is 1. The largest absolute Gasteiger partial charge is 0.421 e. The zero-order valence-corrected chi connectivity index (χ0v) is 16.5. The summed E-state index contributed by atoms with van der Waals surface area (Å²) in [6.45, 7) is 2.08. The molecule has 1 aromatic carbocycles. The number of amides is 1. The summed E-state index contributed by atoms with van der Waals surface area (Å²) >= 11 is 0. The Morgan fingerprint density at radius 1 is 1.16 bits per heavy atom. The normalized spacial score (nSPS) is 13.0. The van der Waals surface area contributed by atoms with Crippen molar-refractivity contribution in [2.24, 2.45) is 0 Å². The standard InChI is InChI=1S/C21H19F3N6O/c1-12-3-2-4-14(27-12)7-8-25-19-16(21(22,23)24)11-26-20(30-19)28-15-5-6-17-13(9-15)10-18(31)29-17/h2-6,9,11H,7-8,10H2,1H3,(H,29,31)(H2,25,26,28,30). The highest BCUT2D eigenvalue weighted by molar-refractivity contribution is 5.99. The molecule has 0 bridgehead atoms. The number of hydrogen-bond acceptors (Lipinski definition) is 6. The number of alkyl halides is 3. The fourth-order valence-electron chi connectivity index (χ4n) is 3.27. The van der Waals surface area contributed by atoms with Crippen LogP contribution in [0.3, 0.4) is 0 Å². The second-order valence-corrected chi connectivity index (χ2v) is 7.12. The predicted molar refractivity (Wildman–Crippen MR) is 110 cm³/mol. The zero-order chi connectivity index (χ0) is 22.0. The van der Waals surface area contributed by atoms with E-state index < -0.39 is 11.7 Å². The monoisotopic (exact) mass is 428 g/mol. The van der Waals surface area contributed by atoms with Crippen molar-refractivity contribution in [3.05, 3.63) is 65.1 Å². The van der Waals surface area contributed by atoms with Crippen LogP contribution >= 0.6 is 0 Å². The molecule has 0 spiro atoms. The van der Waals surface area contributed by atoms with E-state index in [2.05, 4.69) is 30.9 Å². The summed E-state index contributed by atoms with van der Waals surface area (Å²) in [5, 5.41) is 8.38. The summed E-state index contributed by atoms with van der Waals surface area (Å²) in [6.07, 6.45) is -3.15. The van der Waals surface area contributed by atoms with Gasteiger partial charge in [-0.2, -0.15) is 18.2 Å². The van der Waals surface area contributed by atoms with Crippen molar-refractivity contribution in [1.29, 1.82) is 0 Å². The topological polar surface area (TPSA) is 91.8 Å². The maximum Gasteiger partial charge on any atom is 0.421 e. The molecule has 0 fully saturated rings.